The summed E-state index contributed by atoms with van der Waals surface area (Å²) in [6.07, 6.45) is 0. The minimum absolute atomic E-state index is 0.0676. The molecule has 2 rings (SSSR count). The van der Waals surface area contributed by atoms with E-state index in [-0.39, 0.29) is 22.6 Å². The minimum atomic E-state index is -3.66. The lowest BCUT2D eigenvalue weighted by molar-refractivity contribution is -0.113. The molecule has 0 aliphatic rings. The molecule has 2 aromatic rings. The zero-order valence-electron chi connectivity index (χ0n) is 14.9. The van der Waals surface area contributed by atoms with E-state index >= 15 is 0 Å². The van der Waals surface area contributed by atoms with Gasteiger partial charge in [0.2, 0.25) is 15.9 Å². The molecule has 0 atom stereocenters. The van der Waals surface area contributed by atoms with Crippen LogP contribution in [-0.4, -0.2) is 33.2 Å². The third kappa shape index (κ3) is 5.76. The summed E-state index contributed by atoms with van der Waals surface area (Å²) in [5.74, 6) is 0.351. The number of carbonyl (C=O) groups is 1. The maximum Gasteiger partial charge on any atom is 0.240 e. The lowest BCUT2D eigenvalue weighted by Crippen LogP contribution is -2.30. The van der Waals surface area contributed by atoms with Gasteiger partial charge in [-0.05, 0) is 44.2 Å². The first-order chi connectivity index (χ1) is 12.3. The fourth-order valence-corrected chi connectivity index (χ4v) is 4.18. The molecule has 1 amide bonds. The van der Waals surface area contributed by atoms with Crippen LogP contribution in [0.1, 0.15) is 13.8 Å². The molecule has 140 valence electrons. The summed E-state index contributed by atoms with van der Waals surface area (Å²) in [6.45, 7) is 3.48. The Labute approximate surface area is 158 Å². The predicted molar refractivity (Wildman–Crippen MR) is 104 cm³/mol. The predicted octanol–water partition coefficient (Wildman–Crippen LogP) is 3.11. The quantitative estimate of drug-likeness (QED) is 0.672. The van der Waals surface area contributed by atoms with Gasteiger partial charge in [0.25, 0.3) is 0 Å². The van der Waals surface area contributed by atoms with E-state index in [4.69, 9.17) is 4.74 Å². The Morgan fingerprint density at radius 1 is 1.15 bits per heavy atom. The molecular formula is C18H22N2O4S2. The molecule has 0 aliphatic carbocycles. The third-order valence-corrected chi connectivity index (χ3v) is 5.93. The van der Waals surface area contributed by atoms with Crippen LogP contribution in [0.15, 0.2) is 58.3 Å². The first kappa shape index (κ1) is 20.3. The molecule has 2 N–H and O–H groups in total. The monoisotopic (exact) mass is 394 g/mol. The van der Waals surface area contributed by atoms with Gasteiger partial charge >= 0.3 is 0 Å². The molecule has 8 heteroatoms. The highest BCUT2D eigenvalue weighted by Crippen LogP contribution is 2.28. The van der Waals surface area contributed by atoms with Crippen molar-refractivity contribution in [3.05, 3.63) is 48.5 Å². The second kappa shape index (κ2) is 9.07. The molecule has 0 heterocycles. The number of methoxy groups -OCH3 is 1. The van der Waals surface area contributed by atoms with Crippen molar-refractivity contribution < 1.29 is 17.9 Å². The molecule has 0 unspecified atom stereocenters. The standard InChI is InChI=1S/C18H22N2O4S2/c1-13(2)20-26(22,23)15-9-10-17(24-3)16(11-15)19-18(21)12-25-14-7-5-4-6-8-14/h4-11,13,20H,12H2,1-3H3,(H,19,21). The van der Waals surface area contributed by atoms with Crippen molar-refractivity contribution in [1.29, 1.82) is 0 Å². The van der Waals surface area contributed by atoms with Gasteiger partial charge in [-0.15, -0.1) is 11.8 Å². The number of nitrogens with one attached hydrogen (secondary N) is 2. The first-order valence-electron chi connectivity index (χ1n) is 8.00. The van der Waals surface area contributed by atoms with Crippen LogP contribution in [0, 0.1) is 0 Å². The van der Waals surface area contributed by atoms with E-state index in [9.17, 15) is 13.2 Å². The van der Waals surface area contributed by atoms with Gasteiger partial charge in [0.05, 0.1) is 23.4 Å². The average molecular weight is 395 g/mol. The lowest BCUT2D eigenvalue weighted by Gasteiger charge is -2.14. The van der Waals surface area contributed by atoms with Crippen molar-refractivity contribution in [2.24, 2.45) is 0 Å². The van der Waals surface area contributed by atoms with Crippen LogP contribution in [0.2, 0.25) is 0 Å². The minimum Gasteiger partial charge on any atom is -0.495 e. The highest BCUT2D eigenvalue weighted by molar-refractivity contribution is 8.00. The Hall–Kier alpha value is -2.03. The summed E-state index contributed by atoms with van der Waals surface area (Å²) in [5.41, 5.74) is 0.317. The Balaban J connectivity index is 2.14. The number of carbonyl (C=O) groups excluding carboxylic acids is 1. The van der Waals surface area contributed by atoms with Crippen molar-refractivity contribution in [3.63, 3.8) is 0 Å². The number of amides is 1. The van der Waals surface area contributed by atoms with Gasteiger partial charge in [-0.1, -0.05) is 18.2 Å². The van der Waals surface area contributed by atoms with Crippen molar-refractivity contribution in [1.82, 2.24) is 4.72 Å². The number of anilines is 1. The average Bonchev–Trinajstić information content (AvgIpc) is 2.59. The number of benzene rings is 2. The summed E-state index contributed by atoms with van der Waals surface area (Å²) >= 11 is 1.40. The fraction of sp³-hybridized carbons (Fsp3) is 0.278. The van der Waals surface area contributed by atoms with E-state index in [1.165, 1.54) is 37.1 Å². The molecule has 2 aromatic carbocycles. The summed E-state index contributed by atoms with van der Waals surface area (Å²) in [5, 5.41) is 2.72. The van der Waals surface area contributed by atoms with E-state index in [2.05, 4.69) is 10.0 Å². The molecular weight excluding hydrogens is 372 g/mol. The van der Waals surface area contributed by atoms with E-state index in [1.54, 1.807) is 13.8 Å². The van der Waals surface area contributed by atoms with Crippen LogP contribution in [-0.2, 0) is 14.8 Å². The van der Waals surface area contributed by atoms with Crippen molar-refractivity contribution >= 4 is 33.4 Å². The Kier molecular flexibility index (Phi) is 7.07. The molecule has 0 aromatic heterocycles. The van der Waals surface area contributed by atoms with Crippen molar-refractivity contribution in [2.45, 2.75) is 29.7 Å². The lowest BCUT2D eigenvalue weighted by atomic mass is 10.3. The molecule has 0 spiro atoms. The van der Waals surface area contributed by atoms with E-state index in [0.717, 1.165) is 4.90 Å². The van der Waals surface area contributed by atoms with Gasteiger partial charge in [-0.2, -0.15) is 0 Å². The van der Waals surface area contributed by atoms with Crippen LogP contribution >= 0.6 is 11.8 Å². The summed E-state index contributed by atoms with van der Waals surface area (Å²) in [6, 6.07) is 13.7. The molecule has 0 bridgehead atoms. The number of hydrogen-bond acceptors (Lipinski definition) is 5. The summed E-state index contributed by atoms with van der Waals surface area (Å²) < 4.78 is 32.4. The Bertz CT molecular complexity index is 853. The van der Waals surface area contributed by atoms with Crippen LogP contribution in [0.5, 0.6) is 5.75 Å². The molecule has 0 aliphatic heterocycles. The molecule has 0 fully saturated rings. The Morgan fingerprint density at radius 3 is 2.46 bits per heavy atom. The van der Waals surface area contributed by atoms with E-state index in [0.29, 0.717) is 11.4 Å². The second-order valence-electron chi connectivity index (χ2n) is 5.79. The molecule has 0 radical (unpaired) electrons. The van der Waals surface area contributed by atoms with Gasteiger partial charge in [-0.3, -0.25) is 4.79 Å². The van der Waals surface area contributed by atoms with E-state index < -0.39 is 10.0 Å². The number of thioether (sulfide) groups is 1. The molecule has 26 heavy (non-hydrogen) atoms. The largest absolute Gasteiger partial charge is 0.495 e. The Morgan fingerprint density at radius 2 is 1.85 bits per heavy atom. The van der Waals surface area contributed by atoms with Crippen LogP contribution < -0.4 is 14.8 Å². The van der Waals surface area contributed by atoms with E-state index in [1.807, 2.05) is 30.3 Å². The molecule has 6 nitrogen and oxygen atoms in total. The second-order valence-corrected chi connectivity index (χ2v) is 8.55. The molecule has 0 saturated heterocycles. The highest BCUT2D eigenvalue weighted by Gasteiger charge is 2.18. The summed E-state index contributed by atoms with van der Waals surface area (Å²) in [7, 11) is -2.20. The third-order valence-electron chi connectivity index (χ3n) is 3.26. The maximum absolute atomic E-state index is 12.3. The SMILES string of the molecule is COc1ccc(S(=O)(=O)NC(C)C)cc1NC(=O)CSc1ccccc1. The maximum atomic E-state index is 12.3. The van der Waals surface area contributed by atoms with Crippen molar-refractivity contribution in [2.75, 3.05) is 18.2 Å². The number of ether oxygens (including phenoxy) is 1. The van der Waals surface area contributed by atoms with Gasteiger partial charge < -0.3 is 10.1 Å². The van der Waals surface area contributed by atoms with Gasteiger partial charge in [-0.25, -0.2) is 13.1 Å². The summed E-state index contributed by atoms with van der Waals surface area (Å²) in [4.78, 5) is 13.3. The number of hydrogen-bond donors (Lipinski definition) is 2. The normalized spacial score (nSPS) is 11.4. The first-order valence-corrected chi connectivity index (χ1v) is 10.5. The van der Waals surface area contributed by atoms with Crippen LogP contribution in [0.25, 0.3) is 0 Å². The zero-order valence-corrected chi connectivity index (χ0v) is 16.5. The van der Waals surface area contributed by atoms with Crippen LogP contribution in [0.4, 0.5) is 5.69 Å². The fourth-order valence-electron chi connectivity index (χ4n) is 2.18. The van der Waals surface area contributed by atoms with Crippen molar-refractivity contribution in [3.8, 4) is 5.75 Å². The zero-order chi connectivity index (χ0) is 19.2. The topological polar surface area (TPSA) is 84.5 Å². The number of sulfonamides is 1. The van der Waals surface area contributed by atoms with Gasteiger partial charge in [0, 0.05) is 10.9 Å². The molecule has 0 saturated carbocycles. The highest BCUT2D eigenvalue weighted by atomic mass is 32.2. The smallest absolute Gasteiger partial charge is 0.240 e. The van der Waals surface area contributed by atoms with Gasteiger partial charge in [0.1, 0.15) is 5.75 Å². The van der Waals surface area contributed by atoms with Crippen LogP contribution in [0.3, 0.4) is 0 Å². The number of rotatable bonds is 8. The van der Waals surface area contributed by atoms with Gasteiger partial charge in [0.15, 0.2) is 0 Å².